The zero-order valence-corrected chi connectivity index (χ0v) is 4.26. The number of rotatable bonds is 0. The molecule has 1 unspecified atom stereocenters. The summed E-state index contributed by atoms with van der Waals surface area (Å²) < 4.78 is 4.29. The van der Waals surface area contributed by atoms with Crippen molar-refractivity contribution in [3.05, 3.63) is 12.2 Å². The number of ether oxygens (including phenoxy) is 1. The first-order chi connectivity index (χ1) is 3.70. The minimum Gasteiger partial charge on any atom is -0.432 e. The first-order valence-electron chi connectivity index (χ1n) is 2.25. The van der Waals surface area contributed by atoms with E-state index >= 15 is 0 Å². The molecule has 1 aliphatic heterocycles. The van der Waals surface area contributed by atoms with E-state index in [1.165, 1.54) is 0 Å². The molecule has 1 N–H and O–H groups in total. The van der Waals surface area contributed by atoms with E-state index in [4.69, 9.17) is 5.11 Å². The largest absolute Gasteiger partial charge is 0.432 e. The Morgan fingerprint density at radius 1 is 1.88 bits per heavy atom. The number of cyclic esters (lactones) is 1. The summed E-state index contributed by atoms with van der Waals surface area (Å²) in [5, 5.41) is 8.63. The van der Waals surface area contributed by atoms with E-state index < -0.39 is 12.3 Å². The summed E-state index contributed by atoms with van der Waals surface area (Å²) in [7, 11) is 0. The van der Waals surface area contributed by atoms with Crippen LogP contribution in [0.3, 0.4) is 0 Å². The van der Waals surface area contributed by atoms with Crippen LogP contribution in [-0.4, -0.2) is 17.4 Å². The van der Waals surface area contributed by atoms with E-state index in [1.54, 1.807) is 0 Å². The molecule has 1 heterocycles. The Labute approximate surface area is 46.6 Å². The molecule has 1 rings (SSSR count). The van der Waals surface area contributed by atoms with Crippen molar-refractivity contribution >= 4 is 5.97 Å². The fraction of sp³-hybridized carbons (Fsp3) is 0.400. The Balaban J connectivity index is 2.64. The molecule has 0 saturated carbocycles. The van der Waals surface area contributed by atoms with Crippen molar-refractivity contribution in [2.24, 2.45) is 0 Å². The molecule has 0 aromatic carbocycles. The Hall–Kier alpha value is -0.830. The third-order valence-electron chi connectivity index (χ3n) is 0.964. The van der Waals surface area contributed by atoms with E-state index in [-0.39, 0.29) is 6.42 Å². The van der Waals surface area contributed by atoms with Gasteiger partial charge in [0.25, 0.3) is 0 Å². The highest BCUT2D eigenvalue weighted by atomic mass is 16.6. The molecule has 0 aliphatic carbocycles. The van der Waals surface area contributed by atoms with E-state index in [9.17, 15) is 4.79 Å². The molecule has 3 nitrogen and oxygen atoms in total. The molecule has 0 bridgehead atoms. The van der Waals surface area contributed by atoms with Gasteiger partial charge in [-0.1, -0.05) is 6.58 Å². The number of aliphatic hydroxyl groups excluding tert-OH is 1. The SMILES string of the molecule is C=C1CC(=O)OC1O. The second-order valence-electron chi connectivity index (χ2n) is 1.68. The molecule has 0 aromatic heterocycles. The standard InChI is InChI=1S/C5H6O3/c1-3-2-4(6)8-5(3)7/h5,7H,1-2H2. The predicted molar refractivity (Wildman–Crippen MR) is 25.9 cm³/mol. The van der Waals surface area contributed by atoms with Crippen LogP contribution in [0.4, 0.5) is 0 Å². The summed E-state index contributed by atoms with van der Waals surface area (Å²) in [4.78, 5) is 10.2. The first-order valence-corrected chi connectivity index (χ1v) is 2.25. The molecule has 8 heavy (non-hydrogen) atoms. The van der Waals surface area contributed by atoms with E-state index in [2.05, 4.69) is 11.3 Å². The molecule has 3 heteroatoms. The van der Waals surface area contributed by atoms with E-state index in [1.807, 2.05) is 0 Å². The maximum Gasteiger partial charge on any atom is 0.312 e. The van der Waals surface area contributed by atoms with Gasteiger partial charge in [-0.05, 0) is 0 Å². The maximum atomic E-state index is 10.2. The summed E-state index contributed by atoms with van der Waals surface area (Å²) in [6.45, 7) is 3.39. The Bertz CT molecular complexity index is 139. The average molecular weight is 114 g/mol. The number of hydrogen-bond acceptors (Lipinski definition) is 3. The molecule has 0 spiro atoms. The molecule has 1 aliphatic rings. The third-order valence-corrected chi connectivity index (χ3v) is 0.964. The predicted octanol–water partition coefficient (Wildman–Crippen LogP) is -0.192. The molecule has 44 valence electrons. The number of aliphatic hydroxyl groups is 1. The molecular weight excluding hydrogens is 108 g/mol. The third kappa shape index (κ3) is 0.721. The summed E-state index contributed by atoms with van der Waals surface area (Å²) >= 11 is 0. The van der Waals surface area contributed by atoms with E-state index in [0.29, 0.717) is 5.57 Å². The minimum absolute atomic E-state index is 0.154. The van der Waals surface area contributed by atoms with Gasteiger partial charge in [-0.25, -0.2) is 0 Å². The van der Waals surface area contributed by atoms with Gasteiger partial charge in [-0.3, -0.25) is 4.79 Å². The van der Waals surface area contributed by atoms with Gasteiger partial charge < -0.3 is 9.84 Å². The summed E-state index contributed by atoms with van der Waals surface area (Å²) in [6, 6.07) is 0. The van der Waals surface area contributed by atoms with Crippen molar-refractivity contribution in [1.29, 1.82) is 0 Å². The van der Waals surface area contributed by atoms with Crippen molar-refractivity contribution in [2.45, 2.75) is 12.7 Å². The second-order valence-corrected chi connectivity index (χ2v) is 1.68. The van der Waals surface area contributed by atoms with Gasteiger partial charge in [-0.15, -0.1) is 0 Å². The lowest BCUT2D eigenvalue weighted by Gasteiger charge is -1.97. The van der Waals surface area contributed by atoms with Gasteiger partial charge in [0.1, 0.15) is 0 Å². The van der Waals surface area contributed by atoms with Crippen LogP contribution in [0, 0.1) is 0 Å². The Morgan fingerprint density at radius 3 is 2.62 bits per heavy atom. The molecule has 1 fully saturated rings. The molecule has 0 amide bonds. The van der Waals surface area contributed by atoms with Gasteiger partial charge in [0, 0.05) is 5.57 Å². The molecule has 0 aromatic rings. The normalized spacial score (nSPS) is 28.4. The number of carbonyl (C=O) groups is 1. The van der Waals surface area contributed by atoms with Crippen LogP contribution in [0.1, 0.15) is 6.42 Å². The van der Waals surface area contributed by atoms with E-state index in [0.717, 1.165) is 0 Å². The first kappa shape index (κ1) is 5.31. The summed E-state index contributed by atoms with van der Waals surface area (Å²) in [5.74, 6) is -0.400. The Morgan fingerprint density at radius 2 is 2.50 bits per heavy atom. The highest BCUT2D eigenvalue weighted by Crippen LogP contribution is 2.15. The van der Waals surface area contributed by atoms with Crippen LogP contribution >= 0.6 is 0 Å². The van der Waals surface area contributed by atoms with Crippen molar-refractivity contribution in [2.75, 3.05) is 0 Å². The fourth-order valence-electron chi connectivity index (χ4n) is 0.522. The van der Waals surface area contributed by atoms with Gasteiger partial charge in [0.05, 0.1) is 6.42 Å². The van der Waals surface area contributed by atoms with Crippen molar-refractivity contribution in [3.8, 4) is 0 Å². The smallest absolute Gasteiger partial charge is 0.312 e. The zero-order chi connectivity index (χ0) is 6.15. The van der Waals surface area contributed by atoms with Gasteiger partial charge >= 0.3 is 5.97 Å². The van der Waals surface area contributed by atoms with Crippen molar-refractivity contribution in [3.63, 3.8) is 0 Å². The fourth-order valence-corrected chi connectivity index (χ4v) is 0.522. The monoisotopic (exact) mass is 114 g/mol. The van der Waals surface area contributed by atoms with Crippen LogP contribution < -0.4 is 0 Å². The van der Waals surface area contributed by atoms with Crippen LogP contribution in [0.2, 0.25) is 0 Å². The number of hydrogen-bond donors (Lipinski definition) is 1. The van der Waals surface area contributed by atoms with Crippen LogP contribution in [-0.2, 0) is 9.53 Å². The summed E-state index contributed by atoms with van der Waals surface area (Å²) in [5.41, 5.74) is 0.440. The topological polar surface area (TPSA) is 46.5 Å². The van der Waals surface area contributed by atoms with Gasteiger partial charge in [0.2, 0.25) is 6.29 Å². The lowest BCUT2D eigenvalue weighted by Crippen LogP contribution is -2.04. The molecule has 1 saturated heterocycles. The molecule has 0 radical (unpaired) electrons. The highest BCUT2D eigenvalue weighted by Gasteiger charge is 2.24. The quantitative estimate of drug-likeness (QED) is 0.350. The van der Waals surface area contributed by atoms with Crippen LogP contribution in [0.25, 0.3) is 0 Å². The zero-order valence-electron chi connectivity index (χ0n) is 4.26. The van der Waals surface area contributed by atoms with Gasteiger partial charge in [-0.2, -0.15) is 0 Å². The Kier molecular flexibility index (Phi) is 1.06. The average Bonchev–Trinajstić information content (AvgIpc) is 1.85. The minimum atomic E-state index is -1.05. The van der Waals surface area contributed by atoms with Crippen LogP contribution in [0.15, 0.2) is 12.2 Å². The van der Waals surface area contributed by atoms with Gasteiger partial charge in [0.15, 0.2) is 0 Å². The molecule has 1 atom stereocenters. The lowest BCUT2D eigenvalue weighted by atomic mass is 10.2. The molecular formula is C5H6O3. The summed E-state index contributed by atoms with van der Waals surface area (Å²) in [6.07, 6.45) is -0.899. The number of esters is 1. The van der Waals surface area contributed by atoms with Crippen molar-refractivity contribution < 1.29 is 14.6 Å². The van der Waals surface area contributed by atoms with Crippen molar-refractivity contribution in [1.82, 2.24) is 0 Å². The number of carbonyl (C=O) groups excluding carboxylic acids is 1. The lowest BCUT2D eigenvalue weighted by molar-refractivity contribution is -0.151. The second kappa shape index (κ2) is 1.59. The highest BCUT2D eigenvalue weighted by molar-refractivity contribution is 5.75. The van der Waals surface area contributed by atoms with Crippen LogP contribution in [0.5, 0.6) is 0 Å². The maximum absolute atomic E-state index is 10.2.